The van der Waals surface area contributed by atoms with Crippen molar-refractivity contribution in [2.75, 3.05) is 4.90 Å². The minimum Gasteiger partial charge on any atom is -0.507 e. The third-order valence-corrected chi connectivity index (χ3v) is 7.32. The quantitative estimate of drug-likeness (QED) is 0.631. The molecule has 3 fully saturated rings. The molecule has 2 bridgehead atoms. The Hall–Kier alpha value is -3.07. The maximum atomic E-state index is 15.4. The molecule has 2 aliphatic heterocycles. The van der Waals surface area contributed by atoms with Gasteiger partial charge in [-0.3, -0.25) is 4.79 Å². The summed E-state index contributed by atoms with van der Waals surface area (Å²) < 4.78 is 16.8. The molecule has 33 heavy (non-hydrogen) atoms. The largest absolute Gasteiger partial charge is 0.507 e. The number of aromatic nitrogens is 4. The van der Waals surface area contributed by atoms with Crippen LogP contribution in [0.3, 0.4) is 0 Å². The minimum absolute atomic E-state index is 0.0521. The minimum atomic E-state index is -0.929. The molecule has 2 saturated heterocycles. The van der Waals surface area contributed by atoms with Crippen LogP contribution in [0.25, 0.3) is 22.2 Å². The average molecular weight is 451 g/mol. The van der Waals surface area contributed by atoms with Gasteiger partial charge in [0.25, 0.3) is 5.56 Å². The summed E-state index contributed by atoms with van der Waals surface area (Å²) in [6.07, 6.45) is 6.46. The normalized spacial score (nSPS) is 27.0. The van der Waals surface area contributed by atoms with E-state index in [9.17, 15) is 9.90 Å². The van der Waals surface area contributed by atoms with Crippen molar-refractivity contribution in [1.82, 2.24) is 25.1 Å². The van der Waals surface area contributed by atoms with Crippen LogP contribution in [0.1, 0.15) is 38.5 Å². The summed E-state index contributed by atoms with van der Waals surface area (Å²) in [5, 5.41) is 23.2. The molecule has 2 unspecified atom stereocenters. The van der Waals surface area contributed by atoms with Crippen molar-refractivity contribution >= 4 is 16.7 Å². The van der Waals surface area contributed by atoms with Gasteiger partial charge in [-0.1, -0.05) is 6.42 Å². The number of anilines is 1. The van der Waals surface area contributed by atoms with Crippen molar-refractivity contribution in [2.45, 2.75) is 68.9 Å². The first-order valence-electron chi connectivity index (χ1n) is 11.7. The second-order valence-electron chi connectivity index (χ2n) is 9.61. The maximum Gasteiger partial charge on any atom is 0.261 e. The van der Waals surface area contributed by atoms with E-state index in [2.05, 4.69) is 25.4 Å². The van der Waals surface area contributed by atoms with Crippen LogP contribution in [0.15, 0.2) is 35.4 Å². The lowest BCUT2D eigenvalue weighted by molar-refractivity contribution is 0.104. The van der Waals surface area contributed by atoms with Gasteiger partial charge in [-0.2, -0.15) is 0 Å². The van der Waals surface area contributed by atoms with E-state index < -0.39 is 6.17 Å². The van der Waals surface area contributed by atoms with E-state index >= 15 is 4.39 Å². The molecule has 1 saturated carbocycles. The summed E-state index contributed by atoms with van der Waals surface area (Å²) in [6.45, 7) is 0. The molecule has 3 aromatic rings. The van der Waals surface area contributed by atoms with Crippen LogP contribution in [0.4, 0.5) is 10.2 Å². The Morgan fingerprint density at radius 1 is 1.18 bits per heavy atom. The van der Waals surface area contributed by atoms with E-state index in [1.165, 1.54) is 17.0 Å². The number of alkyl halides is 1. The highest BCUT2D eigenvalue weighted by Crippen LogP contribution is 2.40. The number of piperidine rings is 2. The van der Waals surface area contributed by atoms with Crippen LogP contribution in [0, 0.1) is 0 Å². The zero-order valence-corrected chi connectivity index (χ0v) is 18.5. The first kappa shape index (κ1) is 20.5. The smallest absolute Gasteiger partial charge is 0.261 e. The first-order chi connectivity index (χ1) is 16.0. The predicted molar refractivity (Wildman–Crippen MR) is 123 cm³/mol. The number of benzene rings is 1. The van der Waals surface area contributed by atoms with Gasteiger partial charge < -0.3 is 19.9 Å². The van der Waals surface area contributed by atoms with E-state index in [0.717, 1.165) is 38.5 Å². The lowest BCUT2D eigenvalue weighted by Gasteiger charge is -2.47. The maximum absolute atomic E-state index is 15.4. The Labute approximate surface area is 190 Å². The highest BCUT2D eigenvalue weighted by Gasteiger charge is 2.46. The topological polar surface area (TPSA) is 96.2 Å². The third-order valence-electron chi connectivity index (χ3n) is 7.32. The number of rotatable bonds is 4. The standard InChI is InChI=1S/C24H27FN6O2/c1-30-12-26-19-10-15(21(32)11-16(19)24(30)33)17-7-8-22(29-28-17)31(14-5-6-14)20-9-13-3-2-4-18(27-13)23(20)25/h7-8,10-14,18,20,23,27,32H,2-6,9H2,1H3/t13-,18+,20?,23?/m1/s1. The molecule has 4 atom stereocenters. The fraction of sp³-hybridized carbons (Fsp3) is 0.500. The highest BCUT2D eigenvalue weighted by molar-refractivity contribution is 5.86. The van der Waals surface area contributed by atoms with E-state index in [1.54, 1.807) is 19.2 Å². The molecule has 0 radical (unpaired) electrons. The van der Waals surface area contributed by atoms with Gasteiger partial charge in [0, 0.05) is 30.7 Å². The Morgan fingerprint density at radius 2 is 2.03 bits per heavy atom. The number of fused-ring (bicyclic) bond motifs is 3. The molecule has 172 valence electrons. The SMILES string of the molecule is Cn1cnc2cc(-c3ccc(N(C4CC4)C4C[C@H]5CCC[C@H](N5)C4F)nn3)c(O)cc2c1=O. The molecule has 9 heteroatoms. The third kappa shape index (κ3) is 3.55. The van der Waals surface area contributed by atoms with Crippen molar-refractivity contribution in [1.29, 1.82) is 0 Å². The van der Waals surface area contributed by atoms with Gasteiger partial charge in [0.15, 0.2) is 5.82 Å². The molecule has 8 nitrogen and oxygen atoms in total. The summed E-state index contributed by atoms with van der Waals surface area (Å²) >= 11 is 0. The molecule has 0 amide bonds. The summed E-state index contributed by atoms with van der Waals surface area (Å²) in [4.78, 5) is 18.8. The average Bonchev–Trinajstić information content (AvgIpc) is 3.66. The number of halogens is 1. The summed E-state index contributed by atoms with van der Waals surface area (Å²) in [5.41, 5.74) is 1.20. The van der Waals surface area contributed by atoms with Crippen LogP contribution < -0.4 is 15.8 Å². The van der Waals surface area contributed by atoms with Crippen molar-refractivity contribution < 1.29 is 9.50 Å². The number of aryl methyl sites for hydroxylation is 1. The Kier molecular flexibility index (Phi) is 4.83. The molecule has 0 spiro atoms. The number of nitrogens with zero attached hydrogens (tertiary/aromatic N) is 5. The number of hydrogen-bond acceptors (Lipinski definition) is 7. The van der Waals surface area contributed by atoms with Crippen LogP contribution in [0.2, 0.25) is 0 Å². The van der Waals surface area contributed by atoms with Crippen molar-refractivity contribution in [3.63, 3.8) is 0 Å². The molecule has 6 rings (SSSR count). The van der Waals surface area contributed by atoms with E-state index in [0.29, 0.717) is 40.1 Å². The summed E-state index contributed by atoms with van der Waals surface area (Å²) in [7, 11) is 1.62. The van der Waals surface area contributed by atoms with Gasteiger partial charge in [0.05, 0.1) is 29.0 Å². The predicted octanol–water partition coefficient (Wildman–Crippen LogP) is 2.69. The molecule has 2 N–H and O–H groups in total. The number of phenols is 1. The van der Waals surface area contributed by atoms with Gasteiger partial charge in [0.1, 0.15) is 11.9 Å². The fourth-order valence-corrected chi connectivity index (χ4v) is 5.49. The summed E-state index contributed by atoms with van der Waals surface area (Å²) in [6, 6.07) is 7.15. The molecule has 1 aliphatic carbocycles. The lowest BCUT2D eigenvalue weighted by Crippen LogP contribution is -2.62. The van der Waals surface area contributed by atoms with E-state index in [-0.39, 0.29) is 23.4 Å². The van der Waals surface area contributed by atoms with Gasteiger partial charge >= 0.3 is 0 Å². The van der Waals surface area contributed by atoms with Crippen LogP contribution in [-0.2, 0) is 7.05 Å². The molecule has 4 heterocycles. The molecule has 3 aliphatic rings. The van der Waals surface area contributed by atoms with Crippen LogP contribution >= 0.6 is 0 Å². The van der Waals surface area contributed by atoms with Gasteiger partial charge in [-0.25, -0.2) is 9.37 Å². The highest BCUT2D eigenvalue weighted by atomic mass is 19.1. The van der Waals surface area contributed by atoms with Crippen molar-refractivity contribution in [3.05, 3.63) is 40.9 Å². The molecule has 1 aromatic carbocycles. The van der Waals surface area contributed by atoms with Gasteiger partial charge in [-0.05, 0) is 56.4 Å². The number of nitrogens with one attached hydrogen (secondary N) is 1. The van der Waals surface area contributed by atoms with Crippen LogP contribution in [0.5, 0.6) is 5.75 Å². The molecular weight excluding hydrogens is 423 g/mol. The van der Waals surface area contributed by atoms with Gasteiger partial charge in [-0.15, -0.1) is 10.2 Å². The molecule has 2 aromatic heterocycles. The number of aromatic hydroxyl groups is 1. The number of phenolic OH excluding ortho intramolecular Hbond substituents is 1. The monoisotopic (exact) mass is 450 g/mol. The first-order valence-corrected chi connectivity index (χ1v) is 11.7. The van der Waals surface area contributed by atoms with Crippen molar-refractivity contribution in [2.24, 2.45) is 7.05 Å². The Balaban J connectivity index is 1.33. The molecular formula is C24H27FN6O2. The second kappa shape index (κ2) is 7.76. The Morgan fingerprint density at radius 3 is 2.79 bits per heavy atom. The summed E-state index contributed by atoms with van der Waals surface area (Å²) in [5.74, 6) is 0.629. The number of hydrogen-bond donors (Lipinski definition) is 2. The van der Waals surface area contributed by atoms with Crippen molar-refractivity contribution in [3.8, 4) is 17.0 Å². The zero-order valence-electron chi connectivity index (χ0n) is 18.5. The van der Waals surface area contributed by atoms with E-state index in [1.807, 2.05) is 6.07 Å². The van der Waals surface area contributed by atoms with Crippen LogP contribution in [-0.4, -0.2) is 55.2 Å². The lowest BCUT2D eigenvalue weighted by atomic mass is 9.82. The van der Waals surface area contributed by atoms with E-state index in [4.69, 9.17) is 0 Å². The second-order valence-corrected chi connectivity index (χ2v) is 9.61. The van der Waals surface area contributed by atoms with Gasteiger partial charge in [0.2, 0.25) is 0 Å². The fourth-order valence-electron chi connectivity index (χ4n) is 5.49. The zero-order chi connectivity index (χ0) is 22.7. The Bertz CT molecular complexity index is 1260.